The van der Waals surface area contributed by atoms with Crippen LogP contribution in [0.25, 0.3) is 32.5 Å². The Bertz CT molecular complexity index is 1600. The summed E-state index contributed by atoms with van der Waals surface area (Å²) in [5, 5.41) is 5.71. The molecule has 200 valence electrons. The monoisotopic (exact) mass is 557 g/mol. The molecule has 2 aromatic heterocycles. The normalized spacial score (nSPS) is 11.9. The number of fused-ring (bicyclic) bond motifs is 1. The van der Waals surface area contributed by atoms with Crippen molar-refractivity contribution in [3.63, 3.8) is 0 Å². The van der Waals surface area contributed by atoms with Crippen molar-refractivity contribution in [3.05, 3.63) is 54.1 Å². The van der Waals surface area contributed by atoms with Gasteiger partial charge in [-0.3, -0.25) is 10.0 Å². The molecule has 0 unspecified atom stereocenters. The summed E-state index contributed by atoms with van der Waals surface area (Å²) in [5.74, 6) is -0.496. The summed E-state index contributed by atoms with van der Waals surface area (Å²) < 4.78 is 42.0. The molecule has 4 aromatic rings. The van der Waals surface area contributed by atoms with E-state index >= 15 is 4.39 Å². The molecule has 0 bridgehead atoms. The quantitative estimate of drug-likeness (QED) is 0.257. The number of halogens is 1. The zero-order valence-corrected chi connectivity index (χ0v) is 22.9. The van der Waals surface area contributed by atoms with E-state index in [4.69, 9.17) is 5.73 Å². The number of rotatable bonds is 7. The molecule has 2 amide bonds. The van der Waals surface area contributed by atoms with Gasteiger partial charge in [-0.1, -0.05) is 17.4 Å². The number of amides is 2. The minimum absolute atomic E-state index is 0.0613. The molecule has 0 fully saturated rings. The summed E-state index contributed by atoms with van der Waals surface area (Å²) in [5.41, 5.74) is 9.18. The first-order chi connectivity index (χ1) is 17.9. The van der Waals surface area contributed by atoms with Crippen LogP contribution in [0.1, 0.15) is 33.3 Å². The highest BCUT2D eigenvalue weighted by Gasteiger charge is 2.29. The lowest BCUT2D eigenvalue weighted by molar-refractivity contribution is 0.252. The maximum atomic E-state index is 15.1. The minimum atomic E-state index is -3.70. The van der Waals surface area contributed by atoms with Crippen molar-refractivity contribution in [1.29, 1.82) is 0 Å². The van der Waals surface area contributed by atoms with Crippen LogP contribution in [0.5, 0.6) is 0 Å². The number of benzene rings is 2. The second kappa shape index (κ2) is 10.6. The Morgan fingerprint density at radius 3 is 2.42 bits per heavy atom. The molecule has 0 saturated heterocycles. The zero-order valence-electron chi connectivity index (χ0n) is 21.3. The Hall–Kier alpha value is -3.68. The van der Waals surface area contributed by atoms with E-state index in [0.29, 0.717) is 44.1 Å². The highest BCUT2D eigenvalue weighted by molar-refractivity contribution is 7.94. The third-order valence-corrected chi connectivity index (χ3v) is 8.71. The lowest BCUT2D eigenvalue weighted by Crippen LogP contribution is -2.34. The van der Waals surface area contributed by atoms with E-state index in [2.05, 4.69) is 30.3 Å². The van der Waals surface area contributed by atoms with E-state index in [0.717, 1.165) is 5.56 Å². The van der Waals surface area contributed by atoms with Crippen LogP contribution in [0, 0.1) is 5.82 Å². The van der Waals surface area contributed by atoms with Crippen molar-refractivity contribution in [2.75, 3.05) is 16.6 Å². The second-order valence-electron chi connectivity index (χ2n) is 9.41. The van der Waals surface area contributed by atoms with Gasteiger partial charge in [0.2, 0.25) is 16.0 Å². The molecule has 13 heteroatoms. The Balaban J connectivity index is 1.81. The number of thiazole rings is 1. The van der Waals surface area contributed by atoms with Crippen molar-refractivity contribution in [3.8, 4) is 22.3 Å². The number of carbonyl (C=O) groups excluding carboxylic acids is 1. The van der Waals surface area contributed by atoms with Gasteiger partial charge in [-0.15, -0.1) is 0 Å². The molecule has 4 rings (SSSR count). The molecule has 0 aliphatic rings. The van der Waals surface area contributed by atoms with Gasteiger partial charge in [-0.25, -0.2) is 32.6 Å². The van der Waals surface area contributed by atoms with E-state index in [1.54, 1.807) is 52.0 Å². The van der Waals surface area contributed by atoms with E-state index < -0.39 is 26.6 Å². The number of nitrogens with one attached hydrogen (secondary N) is 3. The molecule has 0 saturated carbocycles. The standard InChI is InChI=1S/C25H28FN7O3S2/c1-5-28-23(34)32-24-31-20-10-15(16-12-29-22(30-13-16)33-38(35,36)25(2,3)4)9-18(21(20)37-24)17-8-14(11-27)6-7-19(17)26/h6-10,12-13H,5,11,27H2,1-4H3,(H,29,30,33)(H2,28,31,32,34). The molecule has 2 aromatic carbocycles. The topological polar surface area (TPSA) is 152 Å². The smallest absolute Gasteiger partial charge is 0.321 e. The van der Waals surface area contributed by atoms with Crippen LogP contribution >= 0.6 is 11.3 Å². The van der Waals surface area contributed by atoms with E-state index in [1.807, 2.05) is 0 Å². The second-order valence-corrected chi connectivity index (χ2v) is 12.8. The van der Waals surface area contributed by atoms with Crippen molar-refractivity contribution in [2.45, 2.75) is 39.0 Å². The van der Waals surface area contributed by atoms with Crippen LogP contribution in [0.4, 0.5) is 20.3 Å². The maximum absolute atomic E-state index is 15.1. The summed E-state index contributed by atoms with van der Waals surface area (Å²) in [6.45, 7) is 7.21. The van der Waals surface area contributed by atoms with Crippen LogP contribution in [0.3, 0.4) is 0 Å². The first kappa shape index (κ1) is 27.4. The van der Waals surface area contributed by atoms with Gasteiger partial charge in [-0.05, 0) is 63.1 Å². The lowest BCUT2D eigenvalue weighted by Gasteiger charge is -2.19. The van der Waals surface area contributed by atoms with Gasteiger partial charge in [0.15, 0.2) is 5.13 Å². The van der Waals surface area contributed by atoms with Crippen molar-refractivity contribution < 1.29 is 17.6 Å². The minimum Gasteiger partial charge on any atom is -0.338 e. The number of hydrogen-bond donors (Lipinski definition) is 4. The molecule has 2 heterocycles. The SMILES string of the molecule is CCNC(=O)Nc1nc2cc(-c3cnc(NS(=O)(=O)C(C)(C)C)nc3)cc(-c3cc(CN)ccc3F)c2s1. The molecule has 0 aliphatic carbocycles. The van der Waals surface area contributed by atoms with Gasteiger partial charge in [0.05, 0.1) is 15.0 Å². The van der Waals surface area contributed by atoms with Crippen molar-refractivity contribution in [1.82, 2.24) is 20.3 Å². The molecule has 0 aliphatic heterocycles. The maximum Gasteiger partial charge on any atom is 0.321 e. The molecule has 0 atom stereocenters. The molecular formula is C25H28FN7O3S2. The number of carbonyl (C=O) groups is 1. The number of nitrogens with zero attached hydrogens (tertiary/aromatic N) is 3. The molecule has 10 nitrogen and oxygen atoms in total. The fourth-order valence-electron chi connectivity index (χ4n) is 3.46. The number of nitrogens with two attached hydrogens (primary N) is 1. The molecule has 0 spiro atoms. The van der Waals surface area contributed by atoms with Gasteiger partial charge >= 0.3 is 6.03 Å². The fourth-order valence-corrected chi connectivity index (χ4v) is 5.08. The Kier molecular flexibility index (Phi) is 7.63. The van der Waals surface area contributed by atoms with Gasteiger partial charge in [0.25, 0.3) is 0 Å². The Labute approximate surface area is 224 Å². The highest BCUT2D eigenvalue weighted by Crippen LogP contribution is 2.40. The van der Waals surface area contributed by atoms with Gasteiger partial charge in [0.1, 0.15) is 5.82 Å². The van der Waals surface area contributed by atoms with E-state index in [9.17, 15) is 13.2 Å². The summed E-state index contributed by atoms with van der Waals surface area (Å²) in [7, 11) is -3.70. The number of aromatic nitrogens is 3. The number of hydrogen-bond acceptors (Lipinski definition) is 8. The van der Waals surface area contributed by atoms with E-state index in [1.165, 1.54) is 29.8 Å². The predicted molar refractivity (Wildman–Crippen MR) is 149 cm³/mol. The fraction of sp³-hybridized carbons (Fsp3) is 0.280. The zero-order chi connectivity index (χ0) is 27.7. The summed E-state index contributed by atoms with van der Waals surface area (Å²) in [6.07, 6.45) is 2.96. The first-order valence-corrected chi connectivity index (χ1v) is 14.0. The number of urea groups is 1. The number of anilines is 2. The van der Waals surface area contributed by atoms with Crippen LogP contribution in [-0.2, 0) is 16.6 Å². The lowest BCUT2D eigenvalue weighted by atomic mass is 9.98. The Morgan fingerprint density at radius 2 is 1.79 bits per heavy atom. The largest absolute Gasteiger partial charge is 0.338 e. The molecular weight excluding hydrogens is 529 g/mol. The average Bonchev–Trinajstić information content (AvgIpc) is 3.25. The van der Waals surface area contributed by atoms with Crippen LogP contribution in [0.15, 0.2) is 42.7 Å². The molecule has 0 radical (unpaired) electrons. The first-order valence-electron chi connectivity index (χ1n) is 11.7. The van der Waals surface area contributed by atoms with Crippen LogP contribution < -0.4 is 21.1 Å². The van der Waals surface area contributed by atoms with Crippen molar-refractivity contribution >= 4 is 48.7 Å². The van der Waals surface area contributed by atoms with Gasteiger partial charge in [-0.2, -0.15) is 0 Å². The number of sulfonamides is 1. The average molecular weight is 558 g/mol. The Morgan fingerprint density at radius 1 is 1.08 bits per heavy atom. The van der Waals surface area contributed by atoms with Gasteiger partial charge in [0, 0.05) is 42.2 Å². The predicted octanol–water partition coefficient (Wildman–Crippen LogP) is 4.70. The molecule has 38 heavy (non-hydrogen) atoms. The highest BCUT2D eigenvalue weighted by atomic mass is 32.2. The van der Waals surface area contributed by atoms with Crippen LogP contribution in [-0.4, -0.2) is 40.7 Å². The third-order valence-electron chi connectivity index (χ3n) is 5.62. The third kappa shape index (κ3) is 5.74. The van der Waals surface area contributed by atoms with Crippen molar-refractivity contribution in [2.24, 2.45) is 5.73 Å². The van der Waals surface area contributed by atoms with E-state index in [-0.39, 0.29) is 12.5 Å². The summed E-state index contributed by atoms with van der Waals surface area (Å²) >= 11 is 1.22. The molecule has 5 N–H and O–H groups in total. The summed E-state index contributed by atoms with van der Waals surface area (Å²) in [4.78, 5) is 25.0. The summed E-state index contributed by atoms with van der Waals surface area (Å²) in [6, 6.07) is 7.84. The van der Waals surface area contributed by atoms with Gasteiger partial charge < -0.3 is 11.1 Å². The van der Waals surface area contributed by atoms with Crippen LogP contribution in [0.2, 0.25) is 0 Å².